The lowest BCUT2D eigenvalue weighted by molar-refractivity contribution is 0.0761. The summed E-state index contributed by atoms with van der Waals surface area (Å²) in [5, 5.41) is 8.04. The molecular weight excluding hydrogens is 268 g/mol. The molecule has 110 valence electrons. The Morgan fingerprint density at radius 1 is 1.33 bits per heavy atom. The van der Waals surface area contributed by atoms with Crippen molar-refractivity contribution in [3.8, 4) is 0 Å². The molecule has 0 N–H and O–H groups in total. The first-order valence-corrected chi connectivity index (χ1v) is 7.47. The van der Waals surface area contributed by atoms with E-state index in [-0.39, 0.29) is 5.56 Å². The molecule has 0 unspecified atom stereocenters. The van der Waals surface area contributed by atoms with Gasteiger partial charge in [0.1, 0.15) is 5.76 Å². The highest BCUT2D eigenvalue weighted by Gasteiger charge is 2.33. The van der Waals surface area contributed by atoms with E-state index < -0.39 is 0 Å². The minimum Gasteiger partial charge on any atom is -0.361 e. The average Bonchev–Trinajstić information content (AvgIpc) is 3.18. The number of rotatable bonds is 5. The molecule has 2 fully saturated rings. The molecule has 4 rings (SSSR count). The van der Waals surface area contributed by atoms with Gasteiger partial charge < -0.3 is 4.52 Å². The quantitative estimate of drug-likeness (QED) is 0.827. The van der Waals surface area contributed by atoms with E-state index in [0.29, 0.717) is 18.4 Å². The van der Waals surface area contributed by atoms with Gasteiger partial charge in [-0.2, -0.15) is 5.10 Å². The van der Waals surface area contributed by atoms with Gasteiger partial charge in [0, 0.05) is 49.3 Å². The molecule has 1 saturated heterocycles. The van der Waals surface area contributed by atoms with Crippen molar-refractivity contribution in [3.63, 3.8) is 0 Å². The molecule has 2 aromatic heterocycles. The lowest BCUT2D eigenvalue weighted by Crippen LogP contribution is -2.48. The number of aromatic nitrogens is 3. The third-order valence-electron chi connectivity index (χ3n) is 4.27. The Labute approximate surface area is 122 Å². The fraction of sp³-hybridized carbons (Fsp3) is 0.533. The molecule has 6 nitrogen and oxygen atoms in total. The Morgan fingerprint density at radius 2 is 2.19 bits per heavy atom. The zero-order chi connectivity index (χ0) is 14.2. The van der Waals surface area contributed by atoms with Crippen molar-refractivity contribution in [1.29, 1.82) is 0 Å². The van der Waals surface area contributed by atoms with Crippen LogP contribution in [0.15, 0.2) is 33.8 Å². The molecule has 21 heavy (non-hydrogen) atoms. The number of hydrogen-bond donors (Lipinski definition) is 0. The lowest BCUT2D eigenvalue weighted by atomic mass is 9.99. The van der Waals surface area contributed by atoms with Crippen LogP contribution in [0, 0.1) is 5.92 Å². The van der Waals surface area contributed by atoms with Gasteiger partial charge in [-0.15, -0.1) is 0 Å². The molecule has 0 radical (unpaired) electrons. The standard InChI is InChI=1S/C15H18N4O2/c20-14-2-1-5-16-19(14)9-11-7-18(8-11)10-13-6-17-21-15(13)12-3-4-12/h1-2,5-6,11-12H,3-4,7-10H2. The molecule has 3 heterocycles. The number of nitrogens with zero attached hydrogens (tertiary/aromatic N) is 4. The van der Waals surface area contributed by atoms with E-state index in [1.54, 1.807) is 23.0 Å². The Morgan fingerprint density at radius 3 is 2.95 bits per heavy atom. The predicted octanol–water partition coefficient (Wildman–Crippen LogP) is 1.24. The molecule has 0 amide bonds. The minimum atomic E-state index is -0.0222. The average molecular weight is 286 g/mol. The highest BCUT2D eigenvalue weighted by atomic mass is 16.5. The first kappa shape index (κ1) is 12.8. The molecule has 0 aromatic carbocycles. The first-order chi connectivity index (χ1) is 10.3. The molecule has 1 aliphatic carbocycles. The summed E-state index contributed by atoms with van der Waals surface area (Å²) in [5.41, 5.74) is 1.21. The zero-order valence-electron chi connectivity index (χ0n) is 11.8. The summed E-state index contributed by atoms with van der Waals surface area (Å²) in [6, 6.07) is 3.24. The summed E-state index contributed by atoms with van der Waals surface area (Å²) < 4.78 is 6.92. The first-order valence-electron chi connectivity index (χ1n) is 7.47. The number of likely N-dealkylation sites (tertiary alicyclic amines) is 1. The fourth-order valence-electron chi connectivity index (χ4n) is 3.00. The van der Waals surface area contributed by atoms with Crippen LogP contribution >= 0.6 is 0 Å². The molecule has 0 atom stereocenters. The smallest absolute Gasteiger partial charge is 0.266 e. The summed E-state index contributed by atoms with van der Waals surface area (Å²) in [4.78, 5) is 14.0. The molecule has 2 aromatic rings. The van der Waals surface area contributed by atoms with Crippen LogP contribution in [0.1, 0.15) is 30.1 Å². The van der Waals surface area contributed by atoms with E-state index in [9.17, 15) is 4.79 Å². The maximum absolute atomic E-state index is 11.6. The van der Waals surface area contributed by atoms with Gasteiger partial charge in [0.25, 0.3) is 5.56 Å². The Kier molecular flexibility index (Phi) is 3.11. The Bertz CT molecular complexity index is 683. The van der Waals surface area contributed by atoms with E-state index in [4.69, 9.17) is 4.52 Å². The topological polar surface area (TPSA) is 64.2 Å². The van der Waals surface area contributed by atoms with Crippen molar-refractivity contribution < 1.29 is 4.52 Å². The third kappa shape index (κ3) is 2.63. The monoisotopic (exact) mass is 286 g/mol. The van der Waals surface area contributed by atoms with Crippen molar-refractivity contribution in [3.05, 3.63) is 46.2 Å². The van der Waals surface area contributed by atoms with E-state index in [1.165, 1.54) is 18.4 Å². The normalized spacial score (nSPS) is 19.6. The van der Waals surface area contributed by atoms with Crippen LogP contribution in [0.2, 0.25) is 0 Å². The Balaban J connectivity index is 1.32. The predicted molar refractivity (Wildman–Crippen MR) is 75.7 cm³/mol. The second-order valence-electron chi connectivity index (χ2n) is 6.09. The van der Waals surface area contributed by atoms with Crippen LogP contribution in [0.5, 0.6) is 0 Å². The van der Waals surface area contributed by atoms with E-state index in [1.807, 2.05) is 6.20 Å². The third-order valence-corrected chi connectivity index (χ3v) is 4.27. The van der Waals surface area contributed by atoms with Crippen molar-refractivity contribution in [2.45, 2.75) is 31.8 Å². The molecule has 1 saturated carbocycles. The van der Waals surface area contributed by atoms with Crippen molar-refractivity contribution in [2.24, 2.45) is 5.92 Å². The van der Waals surface area contributed by atoms with Gasteiger partial charge in [-0.1, -0.05) is 5.16 Å². The number of hydrogen-bond acceptors (Lipinski definition) is 5. The summed E-state index contributed by atoms with van der Waals surface area (Å²) in [5.74, 6) is 2.19. The van der Waals surface area contributed by atoms with E-state index in [2.05, 4.69) is 15.2 Å². The molecule has 0 bridgehead atoms. The zero-order valence-corrected chi connectivity index (χ0v) is 11.8. The van der Waals surface area contributed by atoms with E-state index in [0.717, 1.165) is 25.4 Å². The van der Waals surface area contributed by atoms with Gasteiger partial charge in [-0.05, 0) is 18.9 Å². The molecule has 6 heteroatoms. The van der Waals surface area contributed by atoms with Crippen LogP contribution in [0.25, 0.3) is 0 Å². The summed E-state index contributed by atoms with van der Waals surface area (Å²) in [6.07, 6.45) is 5.97. The van der Waals surface area contributed by atoms with Crippen LogP contribution in [0.4, 0.5) is 0 Å². The molecular formula is C15H18N4O2. The summed E-state index contributed by atoms with van der Waals surface area (Å²) in [7, 11) is 0. The molecule has 0 spiro atoms. The fourth-order valence-corrected chi connectivity index (χ4v) is 3.00. The van der Waals surface area contributed by atoms with Gasteiger partial charge >= 0.3 is 0 Å². The highest BCUT2D eigenvalue weighted by Crippen LogP contribution is 2.42. The maximum atomic E-state index is 11.6. The summed E-state index contributed by atoms with van der Waals surface area (Å²) >= 11 is 0. The largest absolute Gasteiger partial charge is 0.361 e. The van der Waals surface area contributed by atoms with Gasteiger partial charge in [0.2, 0.25) is 0 Å². The van der Waals surface area contributed by atoms with Crippen molar-refractivity contribution in [2.75, 3.05) is 13.1 Å². The highest BCUT2D eigenvalue weighted by molar-refractivity contribution is 5.21. The summed E-state index contributed by atoms with van der Waals surface area (Å²) in [6.45, 7) is 3.61. The van der Waals surface area contributed by atoms with Crippen LogP contribution < -0.4 is 5.56 Å². The second kappa shape index (κ2) is 5.11. The SMILES string of the molecule is O=c1cccnn1CC1CN(Cc2cnoc2C2CC2)C1. The van der Waals surface area contributed by atoms with Gasteiger partial charge in [-0.25, -0.2) is 4.68 Å². The maximum Gasteiger partial charge on any atom is 0.266 e. The van der Waals surface area contributed by atoms with Crippen LogP contribution in [0.3, 0.4) is 0 Å². The van der Waals surface area contributed by atoms with Crippen molar-refractivity contribution >= 4 is 0 Å². The van der Waals surface area contributed by atoms with Gasteiger partial charge in [0.15, 0.2) is 0 Å². The molecule has 1 aliphatic heterocycles. The van der Waals surface area contributed by atoms with Crippen molar-refractivity contribution in [1.82, 2.24) is 19.8 Å². The van der Waals surface area contributed by atoms with E-state index >= 15 is 0 Å². The van der Waals surface area contributed by atoms with Crippen LogP contribution in [-0.2, 0) is 13.1 Å². The lowest BCUT2D eigenvalue weighted by Gasteiger charge is -2.39. The second-order valence-corrected chi connectivity index (χ2v) is 6.09. The van der Waals surface area contributed by atoms with Gasteiger partial charge in [-0.3, -0.25) is 9.69 Å². The minimum absolute atomic E-state index is 0.0222. The molecule has 2 aliphatic rings. The van der Waals surface area contributed by atoms with Crippen LogP contribution in [-0.4, -0.2) is 32.9 Å². The Hall–Kier alpha value is -1.95. The van der Waals surface area contributed by atoms with Gasteiger partial charge in [0.05, 0.1) is 12.7 Å².